The molecule has 4 rings (SSSR count). The number of ether oxygens (including phenoxy) is 1. The predicted octanol–water partition coefficient (Wildman–Crippen LogP) is 4.77. The first-order chi connectivity index (χ1) is 17.3. The van der Waals surface area contributed by atoms with Gasteiger partial charge in [0.2, 0.25) is 11.0 Å². The Morgan fingerprint density at radius 3 is 2.58 bits per heavy atom. The fourth-order valence-corrected chi connectivity index (χ4v) is 4.35. The summed E-state index contributed by atoms with van der Waals surface area (Å²) in [6.45, 7) is 2.34. The normalized spacial score (nSPS) is 15.2. The largest absolute Gasteiger partial charge is 0.494 e. The van der Waals surface area contributed by atoms with Gasteiger partial charge in [0.25, 0.3) is 5.91 Å². The Morgan fingerprint density at radius 2 is 1.92 bits per heavy atom. The fraction of sp³-hybridized carbons (Fsp3) is 0.167. The molecule has 0 bridgehead atoms. The number of hydrazine groups is 1. The average molecular weight is 592 g/mol. The molecule has 186 valence electrons. The Kier molecular flexibility index (Phi) is 7.92. The molecule has 12 heteroatoms. The van der Waals surface area contributed by atoms with Crippen molar-refractivity contribution in [3.8, 4) is 5.75 Å². The molecule has 1 aliphatic rings. The number of halogens is 2. The van der Waals surface area contributed by atoms with Gasteiger partial charge in [-0.2, -0.15) is 0 Å². The third-order valence-electron chi connectivity index (χ3n) is 5.13. The number of anilines is 2. The molecule has 3 amide bonds. The molecule has 1 aromatic heterocycles. The van der Waals surface area contributed by atoms with Crippen LogP contribution in [-0.2, 0) is 9.59 Å². The molecule has 0 aliphatic carbocycles. The lowest BCUT2D eigenvalue weighted by Crippen LogP contribution is -2.49. The highest BCUT2D eigenvalue weighted by molar-refractivity contribution is 9.10. The van der Waals surface area contributed by atoms with Crippen LogP contribution in [0.2, 0.25) is 5.02 Å². The first kappa shape index (κ1) is 25.7. The topological polar surface area (TPSA) is 104 Å². The van der Waals surface area contributed by atoms with Crippen LogP contribution < -0.4 is 20.4 Å². The van der Waals surface area contributed by atoms with E-state index in [1.54, 1.807) is 54.6 Å². The zero-order chi connectivity index (χ0) is 25.8. The Balaban J connectivity index is 1.57. The summed E-state index contributed by atoms with van der Waals surface area (Å²) in [5.41, 5.74) is 3.55. The molecule has 1 fully saturated rings. The van der Waals surface area contributed by atoms with Crippen LogP contribution in [0.1, 0.15) is 23.9 Å². The maximum absolute atomic E-state index is 13.4. The van der Waals surface area contributed by atoms with Crippen molar-refractivity contribution in [1.29, 1.82) is 0 Å². The SMILES string of the molecule is CCOc1cccc(NC(=O)CC2C(=O)N(c3ccc(Cl)cc3)C(=S)N2NC(=O)c2ccc(Br)o2)c1. The Labute approximate surface area is 225 Å². The zero-order valence-electron chi connectivity index (χ0n) is 18.9. The molecule has 0 saturated carbocycles. The van der Waals surface area contributed by atoms with Gasteiger partial charge >= 0.3 is 5.91 Å². The van der Waals surface area contributed by atoms with Crippen LogP contribution >= 0.6 is 39.7 Å². The summed E-state index contributed by atoms with van der Waals surface area (Å²) in [5.74, 6) is -0.980. The summed E-state index contributed by atoms with van der Waals surface area (Å²) in [7, 11) is 0. The van der Waals surface area contributed by atoms with Crippen molar-refractivity contribution in [2.24, 2.45) is 0 Å². The number of carbonyl (C=O) groups is 3. The minimum atomic E-state index is -1.11. The number of benzene rings is 2. The number of hydrogen-bond donors (Lipinski definition) is 2. The van der Waals surface area contributed by atoms with E-state index in [1.807, 2.05) is 6.92 Å². The Bertz CT molecular complexity index is 1320. The smallest absolute Gasteiger partial charge is 0.305 e. The molecule has 3 aromatic rings. The van der Waals surface area contributed by atoms with Crippen LogP contribution in [0.15, 0.2) is 69.8 Å². The summed E-state index contributed by atoms with van der Waals surface area (Å²) in [5, 5.41) is 4.43. The van der Waals surface area contributed by atoms with E-state index in [0.717, 1.165) is 0 Å². The van der Waals surface area contributed by atoms with Crippen LogP contribution in [0.25, 0.3) is 0 Å². The van der Waals surface area contributed by atoms with Crippen LogP contribution in [0.3, 0.4) is 0 Å². The lowest BCUT2D eigenvalue weighted by atomic mass is 10.1. The molecule has 2 N–H and O–H groups in total. The number of nitrogens with zero attached hydrogens (tertiary/aromatic N) is 2. The molecular weight excluding hydrogens is 572 g/mol. The van der Waals surface area contributed by atoms with Crippen LogP contribution in [0, 0.1) is 0 Å². The maximum atomic E-state index is 13.4. The quantitative estimate of drug-likeness (QED) is 0.364. The van der Waals surface area contributed by atoms with Gasteiger partial charge in [-0.15, -0.1) is 0 Å². The van der Waals surface area contributed by atoms with Gasteiger partial charge in [-0.1, -0.05) is 17.7 Å². The summed E-state index contributed by atoms with van der Waals surface area (Å²) < 4.78 is 11.1. The summed E-state index contributed by atoms with van der Waals surface area (Å²) >= 11 is 14.7. The van der Waals surface area contributed by atoms with Crippen molar-refractivity contribution < 1.29 is 23.5 Å². The zero-order valence-corrected chi connectivity index (χ0v) is 22.0. The van der Waals surface area contributed by atoms with Gasteiger partial charge in [0.1, 0.15) is 11.8 Å². The van der Waals surface area contributed by atoms with Gasteiger partial charge in [0.05, 0.1) is 18.7 Å². The monoisotopic (exact) mass is 590 g/mol. The summed E-state index contributed by atoms with van der Waals surface area (Å²) in [6, 6.07) is 15.3. The van der Waals surface area contributed by atoms with Crippen molar-refractivity contribution in [1.82, 2.24) is 10.4 Å². The maximum Gasteiger partial charge on any atom is 0.305 e. The first-order valence-electron chi connectivity index (χ1n) is 10.8. The van der Waals surface area contributed by atoms with Crippen molar-refractivity contribution in [3.63, 3.8) is 0 Å². The van der Waals surface area contributed by atoms with Gasteiger partial charge in [-0.05, 0) is 83.6 Å². The van der Waals surface area contributed by atoms with Crippen LogP contribution in [0.5, 0.6) is 5.75 Å². The highest BCUT2D eigenvalue weighted by atomic mass is 79.9. The molecule has 0 radical (unpaired) electrons. The highest BCUT2D eigenvalue weighted by Crippen LogP contribution is 2.28. The van der Waals surface area contributed by atoms with E-state index in [0.29, 0.717) is 33.4 Å². The molecule has 9 nitrogen and oxygen atoms in total. The highest BCUT2D eigenvalue weighted by Gasteiger charge is 2.45. The minimum Gasteiger partial charge on any atom is -0.494 e. The van der Waals surface area contributed by atoms with E-state index >= 15 is 0 Å². The summed E-state index contributed by atoms with van der Waals surface area (Å²) in [4.78, 5) is 40.4. The van der Waals surface area contributed by atoms with Crippen molar-refractivity contribution in [2.75, 3.05) is 16.8 Å². The number of furan rings is 1. The van der Waals surface area contributed by atoms with Crippen LogP contribution in [0.4, 0.5) is 11.4 Å². The predicted molar refractivity (Wildman–Crippen MR) is 142 cm³/mol. The first-order valence-corrected chi connectivity index (χ1v) is 12.4. The second kappa shape index (κ2) is 11.1. The number of hydrogen-bond acceptors (Lipinski definition) is 6. The van der Waals surface area contributed by atoms with E-state index < -0.39 is 23.8 Å². The summed E-state index contributed by atoms with van der Waals surface area (Å²) in [6.07, 6.45) is -0.288. The molecule has 36 heavy (non-hydrogen) atoms. The van der Waals surface area contributed by atoms with E-state index in [2.05, 4.69) is 26.7 Å². The molecule has 2 aromatic carbocycles. The van der Waals surface area contributed by atoms with Crippen LogP contribution in [-0.4, -0.2) is 40.5 Å². The molecule has 1 saturated heterocycles. The lowest BCUT2D eigenvalue weighted by molar-refractivity contribution is -0.124. The van der Waals surface area contributed by atoms with Gasteiger partial charge in [-0.25, -0.2) is 5.01 Å². The average Bonchev–Trinajstić information content (AvgIpc) is 3.37. The molecular formula is C24H20BrClN4O5S. The van der Waals surface area contributed by atoms with Crippen molar-refractivity contribution in [3.05, 3.63) is 76.1 Å². The molecule has 2 heterocycles. The van der Waals surface area contributed by atoms with Gasteiger partial charge < -0.3 is 14.5 Å². The van der Waals surface area contributed by atoms with Crippen molar-refractivity contribution in [2.45, 2.75) is 19.4 Å². The second-order valence-electron chi connectivity index (χ2n) is 7.58. The van der Waals surface area contributed by atoms with Gasteiger partial charge in [0.15, 0.2) is 10.4 Å². The number of thiocarbonyl (C=S) groups is 1. The second-order valence-corrected chi connectivity index (χ2v) is 9.16. The van der Waals surface area contributed by atoms with Gasteiger partial charge in [0, 0.05) is 16.8 Å². The number of nitrogens with one attached hydrogen (secondary N) is 2. The van der Waals surface area contributed by atoms with Crippen molar-refractivity contribution >= 4 is 74.0 Å². The standard InChI is InChI=1S/C24H20BrClN4O5S/c1-2-34-17-5-3-4-15(12-17)27-21(31)13-18-23(33)29(16-8-6-14(26)7-9-16)24(36)30(18)28-22(32)19-10-11-20(25)35-19/h3-12,18H,2,13H2,1H3,(H,27,31)(H,28,32). The Morgan fingerprint density at radius 1 is 1.17 bits per heavy atom. The molecule has 1 unspecified atom stereocenters. The minimum absolute atomic E-state index is 0.00184. The number of amides is 3. The number of rotatable bonds is 8. The van der Waals surface area contributed by atoms with E-state index in [4.69, 9.17) is 33.0 Å². The van der Waals surface area contributed by atoms with Gasteiger partial charge in [-0.3, -0.25) is 24.7 Å². The third-order valence-corrected chi connectivity index (χ3v) is 6.18. The number of carbonyl (C=O) groups excluding carboxylic acids is 3. The molecule has 1 atom stereocenters. The van der Waals surface area contributed by atoms with E-state index in [1.165, 1.54) is 16.0 Å². The lowest BCUT2D eigenvalue weighted by Gasteiger charge is -2.23. The Hall–Kier alpha value is -3.41. The molecule has 0 spiro atoms. The molecule has 1 aliphatic heterocycles. The van der Waals surface area contributed by atoms with E-state index in [9.17, 15) is 14.4 Å². The third kappa shape index (κ3) is 5.69. The fourth-order valence-electron chi connectivity index (χ4n) is 3.55. The van der Waals surface area contributed by atoms with E-state index in [-0.39, 0.29) is 17.3 Å².